The second kappa shape index (κ2) is 10.4. The second-order valence-electron chi connectivity index (χ2n) is 5.24. The average molecular weight is 335 g/mol. The maximum atomic E-state index is 11.8. The predicted octanol–water partition coefficient (Wildman–Crippen LogP) is 0.432. The molecule has 2 amide bonds. The largest absolute Gasteiger partial charge is 0.461 e. The molecule has 0 aliphatic heterocycles. The zero-order valence-corrected chi connectivity index (χ0v) is 14.2. The lowest BCUT2D eigenvalue weighted by Gasteiger charge is -2.19. The molecule has 24 heavy (non-hydrogen) atoms. The number of hydrogen-bond donors (Lipinski definition) is 2. The van der Waals surface area contributed by atoms with E-state index in [0.29, 0.717) is 13.1 Å². The van der Waals surface area contributed by atoms with Gasteiger partial charge in [0, 0.05) is 13.1 Å². The molecule has 0 aliphatic rings. The van der Waals surface area contributed by atoms with Gasteiger partial charge in [-0.05, 0) is 19.4 Å². The van der Waals surface area contributed by atoms with Gasteiger partial charge < -0.3 is 20.7 Å². The lowest BCUT2D eigenvalue weighted by atomic mass is 10.2. The van der Waals surface area contributed by atoms with Gasteiger partial charge in [-0.15, -0.1) is 0 Å². The van der Waals surface area contributed by atoms with Crippen LogP contribution in [0.15, 0.2) is 30.3 Å². The van der Waals surface area contributed by atoms with Gasteiger partial charge >= 0.3 is 5.97 Å². The summed E-state index contributed by atoms with van der Waals surface area (Å²) in [6.45, 7) is 4.86. The van der Waals surface area contributed by atoms with Crippen LogP contribution >= 0.6 is 0 Å². The summed E-state index contributed by atoms with van der Waals surface area (Å²) in [6, 6.07) is 8.17. The Bertz CT molecular complexity index is 544. The fourth-order valence-electron chi connectivity index (χ4n) is 2.05. The maximum Gasteiger partial charge on any atom is 0.308 e. The molecule has 0 fully saturated rings. The van der Waals surface area contributed by atoms with Crippen LogP contribution in [-0.4, -0.2) is 48.4 Å². The molecule has 0 heterocycles. The quantitative estimate of drug-likeness (QED) is 0.637. The first-order chi connectivity index (χ1) is 11.5. The molecule has 0 saturated heterocycles. The Kier molecular flexibility index (Phi) is 8.49. The number of benzene rings is 1. The van der Waals surface area contributed by atoms with Crippen molar-refractivity contribution in [1.29, 1.82) is 0 Å². The van der Waals surface area contributed by atoms with Gasteiger partial charge in [-0.3, -0.25) is 14.4 Å². The van der Waals surface area contributed by atoms with E-state index in [1.165, 1.54) is 0 Å². The van der Waals surface area contributed by atoms with Crippen molar-refractivity contribution in [3.63, 3.8) is 0 Å². The van der Waals surface area contributed by atoms with Crippen LogP contribution in [-0.2, 0) is 25.7 Å². The Labute approximate surface area is 142 Å². The van der Waals surface area contributed by atoms with Crippen molar-refractivity contribution in [3.05, 3.63) is 35.9 Å². The number of ether oxygens (including phenoxy) is 1. The summed E-state index contributed by atoms with van der Waals surface area (Å²) in [7, 11) is 0. The number of likely N-dealkylation sites (N-methyl/N-ethyl adjacent to an activating group) is 1. The number of carbonyl (C=O) groups excluding carboxylic acids is 3. The molecule has 0 spiro atoms. The minimum absolute atomic E-state index is 0.132. The van der Waals surface area contributed by atoms with Crippen molar-refractivity contribution in [2.24, 2.45) is 5.73 Å². The summed E-state index contributed by atoms with van der Waals surface area (Å²) in [4.78, 5) is 36.9. The molecule has 0 unspecified atom stereocenters. The van der Waals surface area contributed by atoms with E-state index in [0.717, 1.165) is 5.56 Å². The molecule has 0 radical (unpaired) electrons. The van der Waals surface area contributed by atoms with Gasteiger partial charge in [-0.25, -0.2) is 0 Å². The summed E-state index contributed by atoms with van der Waals surface area (Å²) in [5, 5.41) is 2.45. The number of carbonyl (C=O) groups is 3. The van der Waals surface area contributed by atoms with E-state index in [9.17, 15) is 14.4 Å². The molecule has 7 heteroatoms. The van der Waals surface area contributed by atoms with E-state index in [4.69, 9.17) is 10.5 Å². The van der Waals surface area contributed by atoms with Crippen molar-refractivity contribution in [1.82, 2.24) is 10.2 Å². The lowest BCUT2D eigenvalue weighted by molar-refractivity contribution is -0.146. The normalized spacial score (nSPS) is 11.5. The Morgan fingerprint density at radius 2 is 1.79 bits per heavy atom. The second-order valence-corrected chi connectivity index (χ2v) is 5.24. The monoisotopic (exact) mass is 335 g/mol. The molecule has 7 nitrogen and oxygen atoms in total. The molecule has 1 rings (SSSR count). The predicted molar refractivity (Wildman–Crippen MR) is 89.8 cm³/mol. The zero-order valence-electron chi connectivity index (χ0n) is 14.2. The SMILES string of the molecule is CCN(CC)C(=O)CNC(=O)[C@@H](N)CC(=O)OCc1ccccc1. The van der Waals surface area contributed by atoms with Crippen LogP contribution in [0.3, 0.4) is 0 Å². The van der Waals surface area contributed by atoms with E-state index in [1.54, 1.807) is 4.90 Å². The summed E-state index contributed by atoms with van der Waals surface area (Å²) in [5.74, 6) is -1.30. The van der Waals surface area contributed by atoms with Crippen LogP contribution < -0.4 is 11.1 Å². The number of esters is 1. The minimum Gasteiger partial charge on any atom is -0.461 e. The van der Waals surface area contributed by atoms with E-state index in [2.05, 4.69) is 5.32 Å². The fourth-order valence-corrected chi connectivity index (χ4v) is 2.05. The number of hydrogen-bond acceptors (Lipinski definition) is 5. The molecule has 1 aromatic carbocycles. The van der Waals surface area contributed by atoms with E-state index < -0.39 is 17.9 Å². The maximum absolute atomic E-state index is 11.8. The third-order valence-corrected chi connectivity index (χ3v) is 3.50. The van der Waals surface area contributed by atoms with Crippen molar-refractivity contribution < 1.29 is 19.1 Å². The molecule has 3 N–H and O–H groups in total. The van der Waals surface area contributed by atoms with Gasteiger partial charge in [0.15, 0.2) is 0 Å². The summed E-state index contributed by atoms with van der Waals surface area (Å²) < 4.78 is 5.07. The molecule has 1 aromatic rings. The highest BCUT2D eigenvalue weighted by Gasteiger charge is 2.20. The summed E-state index contributed by atoms with van der Waals surface area (Å²) in [6.07, 6.45) is -0.238. The number of amides is 2. The van der Waals surface area contributed by atoms with Crippen LogP contribution in [0.4, 0.5) is 0 Å². The Hall–Kier alpha value is -2.41. The van der Waals surface area contributed by atoms with Gasteiger partial charge in [-0.1, -0.05) is 30.3 Å². The van der Waals surface area contributed by atoms with Crippen LogP contribution in [0.25, 0.3) is 0 Å². The summed E-state index contributed by atoms with van der Waals surface area (Å²) >= 11 is 0. The van der Waals surface area contributed by atoms with E-state index in [1.807, 2.05) is 44.2 Å². The molecule has 1 atom stereocenters. The lowest BCUT2D eigenvalue weighted by Crippen LogP contribution is -2.46. The molecule has 0 aliphatic carbocycles. The van der Waals surface area contributed by atoms with Crippen molar-refractivity contribution in [2.75, 3.05) is 19.6 Å². The smallest absolute Gasteiger partial charge is 0.308 e. The number of rotatable bonds is 9. The first-order valence-corrected chi connectivity index (χ1v) is 7.98. The van der Waals surface area contributed by atoms with Crippen molar-refractivity contribution in [2.45, 2.75) is 32.9 Å². The van der Waals surface area contributed by atoms with E-state index >= 15 is 0 Å². The molecule has 0 saturated carbocycles. The third kappa shape index (κ3) is 6.78. The molecular formula is C17H25N3O4. The highest BCUT2D eigenvalue weighted by molar-refractivity contribution is 5.89. The van der Waals surface area contributed by atoms with Crippen molar-refractivity contribution in [3.8, 4) is 0 Å². The van der Waals surface area contributed by atoms with Crippen LogP contribution in [0.5, 0.6) is 0 Å². The first kappa shape index (κ1) is 19.6. The van der Waals surface area contributed by atoms with Gasteiger partial charge in [0.25, 0.3) is 0 Å². The fraction of sp³-hybridized carbons (Fsp3) is 0.471. The number of nitrogens with two attached hydrogens (primary N) is 1. The average Bonchev–Trinajstić information content (AvgIpc) is 2.59. The Morgan fingerprint density at radius 1 is 1.17 bits per heavy atom. The third-order valence-electron chi connectivity index (χ3n) is 3.50. The van der Waals surface area contributed by atoms with Crippen LogP contribution in [0, 0.1) is 0 Å². The summed E-state index contributed by atoms with van der Waals surface area (Å²) in [5.41, 5.74) is 6.53. The molecule has 0 bridgehead atoms. The van der Waals surface area contributed by atoms with Gasteiger partial charge in [0.1, 0.15) is 6.61 Å². The molecule has 0 aromatic heterocycles. The minimum atomic E-state index is -1.04. The van der Waals surface area contributed by atoms with Crippen molar-refractivity contribution >= 4 is 17.8 Å². The van der Waals surface area contributed by atoms with Gasteiger partial charge in [0.2, 0.25) is 11.8 Å². The van der Waals surface area contributed by atoms with E-state index in [-0.39, 0.29) is 25.5 Å². The number of nitrogens with zero attached hydrogens (tertiary/aromatic N) is 1. The topological polar surface area (TPSA) is 102 Å². The number of nitrogens with one attached hydrogen (secondary N) is 1. The van der Waals surface area contributed by atoms with Gasteiger partial charge in [-0.2, -0.15) is 0 Å². The molecular weight excluding hydrogens is 310 g/mol. The zero-order chi connectivity index (χ0) is 17.9. The Morgan fingerprint density at radius 3 is 2.38 bits per heavy atom. The van der Waals surface area contributed by atoms with Crippen LogP contribution in [0.2, 0.25) is 0 Å². The standard InChI is InChI=1S/C17H25N3O4/c1-3-20(4-2)15(21)11-19-17(23)14(18)10-16(22)24-12-13-8-6-5-7-9-13/h5-9,14H,3-4,10-12,18H2,1-2H3,(H,19,23)/t14-/m0/s1. The van der Waals surface area contributed by atoms with Gasteiger partial charge in [0.05, 0.1) is 19.0 Å². The Balaban J connectivity index is 2.32. The highest BCUT2D eigenvalue weighted by atomic mass is 16.5. The molecule has 132 valence electrons. The first-order valence-electron chi connectivity index (χ1n) is 7.98. The van der Waals surface area contributed by atoms with Crippen LogP contribution in [0.1, 0.15) is 25.8 Å². The highest BCUT2D eigenvalue weighted by Crippen LogP contribution is 2.02.